The molecule has 0 aliphatic rings. The maximum Gasteiger partial charge on any atom is 0.246 e. The summed E-state index contributed by atoms with van der Waals surface area (Å²) < 4.78 is 0.942. The molecule has 1 aromatic heterocycles. The van der Waals surface area contributed by atoms with E-state index in [2.05, 4.69) is 27.8 Å². The lowest BCUT2D eigenvalue weighted by Gasteiger charge is -1.86. The van der Waals surface area contributed by atoms with Gasteiger partial charge in [-0.1, -0.05) is 24.1 Å². The quantitative estimate of drug-likeness (QED) is 0.578. The standard InChI is InChI=1S/C13H7BrOS/c14-13-9-8-12(16-13)11(15)7-6-10-4-2-1-3-5-10/h1-5,8-9H. The Bertz CT molecular complexity index is 560. The second kappa shape index (κ2) is 5.11. The zero-order valence-electron chi connectivity index (χ0n) is 8.24. The van der Waals surface area contributed by atoms with Crippen LogP contribution < -0.4 is 0 Å². The maximum atomic E-state index is 11.6. The Balaban J connectivity index is 2.17. The van der Waals surface area contributed by atoms with E-state index in [-0.39, 0.29) is 5.78 Å². The first-order valence-corrected chi connectivity index (χ1v) is 6.23. The van der Waals surface area contributed by atoms with Gasteiger partial charge in [0.15, 0.2) is 0 Å². The van der Waals surface area contributed by atoms with Crippen LogP contribution in [0.1, 0.15) is 15.2 Å². The van der Waals surface area contributed by atoms with Crippen LogP contribution >= 0.6 is 27.3 Å². The van der Waals surface area contributed by atoms with Crippen LogP contribution in [0.2, 0.25) is 0 Å². The summed E-state index contributed by atoms with van der Waals surface area (Å²) in [6, 6.07) is 13.1. The Morgan fingerprint density at radius 2 is 1.88 bits per heavy atom. The SMILES string of the molecule is O=C(C#Cc1ccccc1)c1ccc(Br)s1. The molecule has 2 aromatic rings. The van der Waals surface area contributed by atoms with Gasteiger partial charge in [0.05, 0.1) is 8.66 Å². The monoisotopic (exact) mass is 290 g/mol. The summed E-state index contributed by atoms with van der Waals surface area (Å²) >= 11 is 4.71. The average molecular weight is 291 g/mol. The third-order valence-electron chi connectivity index (χ3n) is 1.89. The number of Topliss-reactive ketones (excluding diaryl/α,β-unsaturated/α-hetero) is 1. The van der Waals surface area contributed by atoms with E-state index >= 15 is 0 Å². The highest BCUT2D eigenvalue weighted by Crippen LogP contribution is 2.22. The molecule has 1 aromatic carbocycles. The first-order chi connectivity index (χ1) is 7.75. The molecule has 0 radical (unpaired) electrons. The van der Waals surface area contributed by atoms with Crippen LogP contribution in [0.3, 0.4) is 0 Å². The van der Waals surface area contributed by atoms with Gasteiger partial charge in [-0.2, -0.15) is 0 Å². The molecule has 1 heterocycles. The van der Waals surface area contributed by atoms with Crippen molar-refractivity contribution in [2.45, 2.75) is 0 Å². The van der Waals surface area contributed by atoms with Crippen LogP contribution in [0.25, 0.3) is 0 Å². The van der Waals surface area contributed by atoms with Gasteiger partial charge in [-0.3, -0.25) is 4.79 Å². The van der Waals surface area contributed by atoms with E-state index in [9.17, 15) is 4.79 Å². The molecule has 1 nitrogen and oxygen atoms in total. The van der Waals surface area contributed by atoms with Gasteiger partial charge in [0.2, 0.25) is 5.78 Å². The molecule has 0 atom stereocenters. The van der Waals surface area contributed by atoms with Crippen LogP contribution in [-0.4, -0.2) is 5.78 Å². The minimum Gasteiger partial charge on any atom is -0.278 e. The fraction of sp³-hybridized carbons (Fsp3) is 0. The molecule has 0 bridgehead atoms. The van der Waals surface area contributed by atoms with Crippen LogP contribution in [0.5, 0.6) is 0 Å². The molecular weight excluding hydrogens is 284 g/mol. The second-order valence-corrected chi connectivity index (χ2v) is 5.51. The van der Waals surface area contributed by atoms with E-state index in [0.717, 1.165) is 9.35 Å². The highest BCUT2D eigenvalue weighted by molar-refractivity contribution is 9.11. The van der Waals surface area contributed by atoms with Crippen LogP contribution in [-0.2, 0) is 0 Å². The molecule has 0 amide bonds. The molecule has 0 saturated heterocycles. The minimum absolute atomic E-state index is 0.139. The number of ketones is 1. The molecule has 0 aliphatic carbocycles. The van der Waals surface area contributed by atoms with E-state index in [1.54, 1.807) is 6.07 Å². The van der Waals surface area contributed by atoms with Crippen molar-refractivity contribution >= 4 is 33.0 Å². The molecule has 0 N–H and O–H groups in total. The van der Waals surface area contributed by atoms with Crippen molar-refractivity contribution in [3.63, 3.8) is 0 Å². The smallest absolute Gasteiger partial charge is 0.246 e. The minimum atomic E-state index is -0.139. The number of thiophene rings is 1. The van der Waals surface area contributed by atoms with Crippen molar-refractivity contribution in [3.05, 3.63) is 56.7 Å². The first-order valence-electron chi connectivity index (χ1n) is 4.62. The largest absolute Gasteiger partial charge is 0.278 e. The van der Waals surface area contributed by atoms with Gasteiger partial charge in [-0.25, -0.2) is 0 Å². The number of rotatable bonds is 1. The topological polar surface area (TPSA) is 17.1 Å². The predicted octanol–water partition coefficient (Wildman–Crippen LogP) is 3.75. The van der Waals surface area contributed by atoms with Crippen molar-refractivity contribution < 1.29 is 4.79 Å². The average Bonchev–Trinajstić information content (AvgIpc) is 2.74. The van der Waals surface area contributed by atoms with Crippen molar-refractivity contribution in [2.75, 3.05) is 0 Å². The highest BCUT2D eigenvalue weighted by Gasteiger charge is 2.04. The van der Waals surface area contributed by atoms with Gasteiger partial charge in [-0.05, 0) is 46.1 Å². The molecule has 0 unspecified atom stereocenters. The lowest BCUT2D eigenvalue weighted by molar-refractivity contribution is 0.106. The van der Waals surface area contributed by atoms with Crippen molar-refractivity contribution in [1.82, 2.24) is 0 Å². The molecule has 0 fully saturated rings. The van der Waals surface area contributed by atoms with Crippen molar-refractivity contribution in [1.29, 1.82) is 0 Å². The van der Waals surface area contributed by atoms with Gasteiger partial charge in [0, 0.05) is 5.56 Å². The van der Waals surface area contributed by atoms with Gasteiger partial charge in [-0.15, -0.1) is 11.3 Å². The molecule has 16 heavy (non-hydrogen) atoms. The van der Waals surface area contributed by atoms with Crippen LogP contribution in [0, 0.1) is 11.8 Å². The number of benzene rings is 1. The van der Waals surface area contributed by atoms with Gasteiger partial charge < -0.3 is 0 Å². The summed E-state index contributed by atoms with van der Waals surface area (Å²) in [6.07, 6.45) is 0. The van der Waals surface area contributed by atoms with Crippen LogP contribution in [0.15, 0.2) is 46.3 Å². The van der Waals surface area contributed by atoms with Crippen molar-refractivity contribution in [3.8, 4) is 11.8 Å². The highest BCUT2D eigenvalue weighted by atomic mass is 79.9. The first kappa shape index (κ1) is 11.1. The molecular formula is C13H7BrOS. The molecule has 3 heteroatoms. The van der Waals surface area contributed by atoms with Crippen LogP contribution in [0.4, 0.5) is 0 Å². The summed E-state index contributed by atoms with van der Waals surface area (Å²) in [5.41, 5.74) is 0.853. The summed E-state index contributed by atoms with van der Waals surface area (Å²) in [5, 5.41) is 0. The van der Waals surface area contributed by atoms with E-state index in [1.807, 2.05) is 36.4 Å². The molecule has 0 aliphatic heterocycles. The Morgan fingerprint density at radius 3 is 2.50 bits per heavy atom. The fourth-order valence-corrected chi connectivity index (χ4v) is 2.43. The molecule has 2 rings (SSSR count). The predicted molar refractivity (Wildman–Crippen MR) is 69.7 cm³/mol. The number of carbonyl (C=O) groups is 1. The Morgan fingerprint density at radius 1 is 1.12 bits per heavy atom. The molecule has 78 valence electrons. The summed E-state index contributed by atoms with van der Waals surface area (Å²) in [5.74, 6) is 5.33. The second-order valence-electron chi connectivity index (χ2n) is 3.05. The number of hydrogen-bond acceptors (Lipinski definition) is 2. The van der Waals surface area contributed by atoms with Gasteiger partial charge in [0.25, 0.3) is 0 Å². The van der Waals surface area contributed by atoms with Gasteiger partial charge in [0.1, 0.15) is 0 Å². The van der Waals surface area contributed by atoms with E-state index in [4.69, 9.17) is 0 Å². The van der Waals surface area contributed by atoms with E-state index < -0.39 is 0 Å². The van der Waals surface area contributed by atoms with Crippen molar-refractivity contribution in [2.24, 2.45) is 0 Å². The lowest BCUT2D eigenvalue weighted by atomic mass is 10.2. The lowest BCUT2D eigenvalue weighted by Crippen LogP contribution is -1.89. The Kier molecular flexibility index (Phi) is 3.55. The maximum absolute atomic E-state index is 11.6. The number of halogens is 1. The third kappa shape index (κ3) is 2.82. The number of hydrogen-bond donors (Lipinski definition) is 0. The van der Waals surface area contributed by atoms with Gasteiger partial charge >= 0.3 is 0 Å². The summed E-state index contributed by atoms with van der Waals surface area (Å²) in [4.78, 5) is 12.3. The zero-order chi connectivity index (χ0) is 11.4. The fourth-order valence-electron chi connectivity index (χ4n) is 1.15. The Hall–Kier alpha value is -1.37. The number of carbonyl (C=O) groups excluding carboxylic acids is 1. The third-order valence-corrected chi connectivity index (χ3v) is 3.51. The normalized spacial score (nSPS) is 9.31. The molecule has 0 saturated carbocycles. The molecule has 0 spiro atoms. The summed E-state index contributed by atoms with van der Waals surface area (Å²) in [7, 11) is 0. The van der Waals surface area contributed by atoms with E-state index in [0.29, 0.717) is 4.88 Å². The Labute approximate surface area is 106 Å². The summed E-state index contributed by atoms with van der Waals surface area (Å²) in [6.45, 7) is 0. The van der Waals surface area contributed by atoms with E-state index in [1.165, 1.54) is 11.3 Å². The zero-order valence-corrected chi connectivity index (χ0v) is 10.6.